The molecule has 2 aromatic carbocycles. The second-order valence-corrected chi connectivity index (χ2v) is 6.57. The van der Waals surface area contributed by atoms with E-state index in [0.717, 1.165) is 17.3 Å². The van der Waals surface area contributed by atoms with Gasteiger partial charge in [-0.1, -0.05) is 42.1 Å². The number of aliphatic hydroxyl groups is 1. The van der Waals surface area contributed by atoms with Crippen molar-refractivity contribution in [2.45, 2.75) is 17.8 Å². The van der Waals surface area contributed by atoms with E-state index < -0.39 is 17.2 Å². The molecule has 7 heteroatoms. The molecule has 0 bridgehead atoms. The Labute approximate surface area is 155 Å². The quantitative estimate of drug-likeness (QED) is 0.657. The zero-order chi connectivity index (χ0) is 18.9. The minimum absolute atomic E-state index is 0.0812. The van der Waals surface area contributed by atoms with Crippen LogP contribution in [-0.2, 0) is 16.0 Å². The Morgan fingerprint density at radius 3 is 2.58 bits per heavy atom. The Kier molecular flexibility index (Phi) is 7.62. The summed E-state index contributed by atoms with van der Waals surface area (Å²) < 4.78 is 19.1. The second-order valence-electron chi connectivity index (χ2n) is 5.53. The van der Waals surface area contributed by atoms with E-state index >= 15 is 0 Å². The summed E-state index contributed by atoms with van der Waals surface area (Å²) in [4.78, 5) is 22.4. The molecule has 2 atom stereocenters. The van der Waals surface area contributed by atoms with Crippen LogP contribution in [0.1, 0.15) is 17.2 Å². The highest BCUT2D eigenvalue weighted by Gasteiger charge is 2.18. The lowest BCUT2D eigenvalue weighted by Crippen LogP contribution is -2.31. The van der Waals surface area contributed by atoms with Crippen LogP contribution in [0.2, 0.25) is 0 Å². The van der Waals surface area contributed by atoms with Crippen LogP contribution in [0, 0.1) is 5.82 Å². The van der Waals surface area contributed by atoms with Crippen LogP contribution in [0.25, 0.3) is 0 Å². The normalized spacial score (nSPS) is 12.9. The van der Waals surface area contributed by atoms with Crippen molar-refractivity contribution in [1.29, 1.82) is 0 Å². The van der Waals surface area contributed by atoms with Crippen LogP contribution in [0.4, 0.5) is 4.39 Å². The molecule has 1 amide bonds. The molecule has 0 heterocycles. The summed E-state index contributed by atoms with van der Waals surface area (Å²) >= 11 is 0.929. The first-order chi connectivity index (χ1) is 12.5. The third-order valence-corrected chi connectivity index (χ3v) is 4.60. The van der Waals surface area contributed by atoms with Gasteiger partial charge in [-0.2, -0.15) is 0 Å². The van der Waals surface area contributed by atoms with E-state index in [1.165, 1.54) is 19.2 Å². The van der Waals surface area contributed by atoms with E-state index in [9.17, 15) is 19.1 Å². The van der Waals surface area contributed by atoms with Crippen molar-refractivity contribution in [3.05, 3.63) is 65.5 Å². The predicted octanol–water partition coefficient (Wildman–Crippen LogP) is 2.52. The maximum atomic E-state index is 13.6. The number of rotatable bonds is 9. The van der Waals surface area contributed by atoms with Crippen molar-refractivity contribution in [3.63, 3.8) is 0 Å². The van der Waals surface area contributed by atoms with Crippen LogP contribution in [0.15, 0.2) is 48.5 Å². The number of hydrogen-bond acceptors (Lipinski definition) is 5. The van der Waals surface area contributed by atoms with Crippen LogP contribution < -0.4 is 10.1 Å². The average Bonchev–Trinajstić information content (AvgIpc) is 2.66. The maximum Gasteiger partial charge on any atom is 0.233 e. The number of hydrogen-bond donors (Lipinski definition) is 2. The first kappa shape index (κ1) is 19.9. The standard InChI is InChI=1S/C19H20FNO4S/c1-21-19(24)18(26-12-22)10-13-6-8-14(9-7-13)25-11-17(23)15-4-2-3-5-16(15)20/h2-9,12,17-18,23H,10-11H2,1H3,(H,21,24). The molecule has 0 fully saturated rings. The smallest absolute Gasteiger partial charge is 0.233 e. The fourth-order valence-corrected chi connectivity index (χ4v) is 3.04. The van der Waals surface area contributed by atoms with E-state index in [0.29, 0.717) is 17.8 Å². The number of carbonyl (C=O) groups is 2. The Hall–Kier alpha value is -2.38. The van der Waals surface area contributed by atoms with Gasteiger partial charge in [-0.15, -0.1) is 0 Å². The highest BCUT2D eigenvalue weighted by molar-refractivity contribution is 8.13. The van der Waals surface area contributed by atoms with Gasteiger partial charge in [0.05, 0.1) is 5.25 Å². The fourth-order valence-electron chi connectivity index (χ4n) is 2.38. The van der Waals surface area contributed by atoms with Crippen molar-refractivity contribution < 1.29 is 23.8 Å². The molecule has 0 aromatic heterocycles. The summed E-state index contributed by atoms with van der Waals surface area (Å²) in [5, 5.41) is 12.1. The number of ether oxygens (including phenoxy) is 1. The van der Waals surface area contributed by atoms with Crippen molar-refractivity contribution in [2.24, 2.45) is 0 Å². The molecule has 2 rings (SSSR count). The van der Waals surface area contributed by atoms with Crippen molar-refractivity contribution in [1.82, 2.24) is 5.32 Å². The lowest BCUT2D eigenvalue weighted by Gasteiger charge is -2.14. The maximum absolute atomic E-state index is 13.6. The number of thioether (sulfide) groups is 1. The minimum atomic E-state index is -1.07. The molecule has 0 aliphatic carbocycles. The Balaban J connectivity index is 1.93. The number of halogens is 1. The van der Waals surface area contributed by atoms with Crippen LogP contribution >= 0.6 is 11.8 Å². The number of aliphatic hydroxyl groups excluding tert-OH is 1. The largest absolute Gasteiger partial charge is 0.491 e. The fraction of sp³-hybridized carbons (Fsp3) is 0.263. The molecule has 0 saturated heterocycles. The first-order valence-corrected chi connectivity index (χ1v) is 8.94. The van der Waals surface area contributed by atoms with Gasteiger partial charge in [0, 0.05) is 12.6 Å². The zero-order valence-corrected chi connectivity index (χ0v) is 15.0. The molecule has 2 N–H and O–H groups in total. The summed E-state index contributed by atoms with van der Waals surface area (Å²) in [6, 6.07) is 13.0. The summed E-state index contributed by atoms with van der Waals surface area (Å²) in [6.07, 6.45) is -0.668. The van der Waals surface area contributed by atoms with E-state index in [2.05, 4.69) is 5.32 Å². The van der Waals surface area contributed by atoms with Crippen LogP contribution in [0.5, 0.6) is 5.75 Å². The minimum Gasteiger partial charge on any atom is -0.491 e. The molecule has 2 aromatic rings. The van der Waals surface area contributed by atoms with Gasteiger partial charge in [0.1, 0.15) is 24.3 Å². The average molecular weight is 377 g/mol. The predicted molar refractivity (Wildman–Crippen MR) is 99.2 cm³/mol. The molecule has 5 nitrogen and oxygen atoms in total. The van der Waals surface area contributed by atoms with Gasteiger partial charge in [-0.05, 0) is 30.2 Å². The molecule has 26 heavy (non-hydrogen) atoms. The molecule has 0 spiro atoms. The molecule has 0 saturated carbocycles. The molecule has 2 unspecified atom stereocenters. The molecule has 138 valence electrons. The Morgan fingerprint density at radius 2 is 1.96 bits per heavy atom. The number of nitrogens with one attached hydrogen (secondary N) is 1. The van der Waals surface area contributed by atoms with E-state index in [-0.39, 0.29) is 18.1 Å². The lowest BCUT2D eigenvalue weighted by atomic mass is 10.1. The molecular weight excluding hydrogens is 357 g/mol. The monoisotopic (exact) mass is 377 g/mol. The van der Waals surface area contributed by atoms with Gasteiger partial charge in [0.2, 0.25) is 5.91 Å². The Bertz CT molecular complexity index is 739. The molecule has 0 aliphatic heterocycles. The Morgan fingerprint density at radius 1 is 1.27 bits per heavy atom. The molecular formula is C19H20FNO4S. The van der Waals surface area contributed by atoms with Gasteiger partial charge in [-0.25, -0.2) is 4.39 Å². The van der Waals surface area contributed by atoms with Gasteiger partial charge in [-0.3, -0.25) is 9.59 Å². The first-order valence-electron chi connectivity index (χ1n) is 8.00. The van der Waals surface area contributed by atoms with Crippen LogP contribution in [-0.4, -0.2) is 35.5 Å². The van der Waals surface area contributed by atoms with Gasteiger partial charge < -0.3 is 15.2 Å². The third kappa shape index (κ3) is 5.57. The summed E-state index contributed by atoms with van der Waals surface area (Å²) in [6.45, 7) is -0.0812. The van der Waals surface area contributed by atoms with Gasteiger partial charge in [0.25, 0.3) is 0 Å². The van der Waals surface area contributed by atoms with E-state index in [1.54, 1.807) is 36.4 Å². The lowest BCUT2D eigenvalue weighted by molar-refractivity contribution is -0.120. The summed E-state index contributed by atoms with van der Waals surface area (Å²) in [7, 11) is 1.53. The van der Waals surface area contributed by atoms with Crippen molar-refractivity contribution in [3.8, 4) is 5.75 Å². The van der Waals surface area contributed by atoms with E-state index in [4.69, 9.17) is 4.74 Å². The molecule has 0 aliphatic rings. The number of benzene rings is 2. The third-order valence-electron chi connectivity index (χ3n) is 3.78. The topological polar surface area (TPSA) is 75.6 Å². The number of amides is 1. The highest BCUT2D eigenvalue weighted by Crippen LogP contribution is 2.21. The number of carbonyl (C=O) groups excluding carboxylic acids is 2. The second kappa shape index (κ2) is 9.94. The van der Waals surface area contributed by atoms with Gasteiger partial charge in [0.15, 0.2) is 5.62 Å². The summed E-state index contributed by atoms with van der Waals surface area (Å²) in [5.74, 6) is -0.175. The zero-order valence-electron chi connectivity index (χ0n) is 14.2. The molecule has 0 radical (unpaired) electrons. The van der Waals surface area contributed by atoms with Crippen LogP contribution in [0.3, 0.4) is 0 Å². The highest BCUT2D eigenvalue weighted by atomic mass is 32.2. The summed E-state index contributed by atoms with van der Waals surface area (Å²) in [5.41, 5.74) is 1.71. The SMILES string of the molecule is CNC(=O)C(Cc1ccc(OCC(O)c2ccccc2F)cc1)SC=O. The van der Waals surface area contributed by atoms with E-state index in [1.807, 2.05) is 0 Å². The van der Waals surface area contributed by atoms with Crippen molar-refractivity contribution in [2.75, 3.05) is 13.7 Å². The van der Waals surface area contributed by atoms with Crippen molar-refractivity contribution >= 4 is 23.3 Å². The van der Waals surface area contributed by atoms with Gasteiger partial charge >= 0.3 is 0 Å².